The summed E-state index contributed by atoms with van der Waals surface area (Å²) in [5.74, 6) is 0.956. The van der Waals surface area contributed by atoms with Gasteiger partial charge in [-0.3, -0.25) is 0 Å². The molecule has 100 valence electrons. The molecular formula is C16H23FO. The van der Waals surface area contributed by atoms with Crippen LogP contribution in [0.1, 0.15) is 56.3 Å². The van der Waals surface area contributed by atoms with Crippen LogP contribution in [0.4, 0.5) is 4.39 Å². The molecular weight excluding hydrogens is 227 g/mol. The van der Waals surface area contributed by atoms with Gasteiger partial charge < -0.3 is 5.11 Å². The SMILES string of the molecule is CCC1CCC(C(O)c2ccc(F)cc2C)CC1. The first-order chi connectivity index (χ1) is 8.61. The zero-order valence-electron chi connectivity index (χ0n) is 11.3. The number of hydrogen-bond donors (Lipinski definition) is 1. The minimum absolute atomic E-state index is 0.224. The van der Waals surface area contributed by atoms with E-state index in [-0.39, 0.29) is 5.82 Å². The van der Waals surface area contributed by atoms with E-state index in [4.69, 9.17) is 0 Å². The van der Waals surface area contributed by atoms with Crippen LogP contribution in [0.25, 0.3) is 0 Å². The Labute approximate surface area is 109 Å². The number of benzene rings is 1. The van der Waals surface area contributed by atoms with Gasteiger partial charge in [0, 0.05) is 0 Å². The lowest BCUT2D eigenvalue weighted by molar-refractivity contribution is 0.0724. The van der Waals surface area contributed by atoms with Crippen molar-refractivity contribution in [3.05, 3.63) is 35.1 Å². The van der Waals surface area contributed by atoms with Crippen molar-refractivity contribution < 1.29 is 9.50 Å². The van der Waals surface area contributed by atoms with Crippen LogP contribution in [0.5, 0.6) is 0 Å². The summed E-state index contributed by atoms with van der Waals surface area (Å²) in [7, 11) is 0. The molecule has 0 amide bonds. The van der Waals surface area contributed by atoms with Crippen LogP contribution in [0.15, 0.2) is 18.2 Å². The number of rotatable bonds is 3. The summed E-state index contributed by atoms with van der Waals surface area (Å²) >= 11 is 0. The van der Waals surface area contributed by atoms with Gasteiger partial charge in [0.25, 0.3) is 0 Å². The van der Waals surface area contributed by atoms with Crippen molar-refractivity contribution in [2.24, 2.45) is 11.8 Å². The lowest BCUT2D eigenvalue weighted by Crippen LogP contribution is -2.20. The summed E-state index contributed by atoms with van der Waals surface area (Å²) in [5.41, 5.74) is 1.76. The topological polar surface area (TPSA) is 20.2 Å². The summed E-state index contributed by atoms with van der Waals surface area (Å²) in [6.45, 7) is 4.12. The van der Waals surface area contributed by atoms with E-state index in [0.717, 1.165) is 29.9 Å². The molecule has 1 aliphatic rings. The molecule has 0 spiro atoms. The van der Waals surface area contributed by atoms with Gasteiger partial charge in [-0.2, -0.15) is 0 Å². The van der Waals surface area contributed by atoms with Gasteiger partial charge in [-0.15, -0.1) is 0 Å². The highest BCUT2D eigenvalue weighted by Gasteiger charge is 2.27. The number of aryl methyl sites for hydroxylation is 1. The van der Waals surface area contributed by atoms with Crippen molar-refractivity contribution in [1.82, 2.24) is 0 Å². The van der Waals surface area contributed by atoms with Gasteiger partial charge in [0.15, 0.2) is 0 Å². The molecule has 1 nitrogen and oxygen atoms in total. The molecule has 0 aromatic heterocycles. The maximum Gasteiger partial charge on any atom is 0.123 e. The third-order valence-electron chi connectivity index (χ3n) is 4.47. The zero-order chi connectivity index (χ0) is 13.1. The van der Waals surface area contributed by atoms with E-state index >= 15 is 0 Å². The molecule has 1 aliphatic carbocycles. The van der Waals surface area contributed by atoms with E-state index in [2.05, 4.69) is 6.92 Å². The van der Waals surface area contributed by atoms with Crippen LogP contribution in [0.2, 0.25) is 0 Å². The maximum absolute atomic E-state index is 13.1. The van der Waals surface area contributed by atoms with Crippen LogP contribution in [-0.4, -0.2) is 5.11 Å². The molecule has 18 heavy (non-hydrogen) atoms. The Kier molecular flexibility index (Phi) is 4.39. The van der Waals surface area contributed by atoms with Gasteiger partial charge >= 0.3 is 0 Å². The van der Waals surface area contributed by atoms with Crippen LogP contribution >= 0.6 is 0 Å². The van der Waals surface area contributed by atoms with E-state index < -0.39 is 6.10 Å². The third kappa shape index (κ3) is 2.92. The molecule has 1 aromatic carbocycles. The van der Waals surface area contributed by atoms with Gasteiger partial charge in [0.05, 0.1) is 6.10 Å². The van der Waals surface area contributed by atoms with E-state index in [1.54, 1.807) is 6.07 Å². The number of aliphatic hydroxyl groups excluding tert-OH is 1. The van der Waals surface area contributed by atoms with E-state index in [0.29, 0.717) is 5.92 Å². The molecule has 0 saturated heterocycles. The van der Waals surface area contributed by atoms with Gasteiger partial charge in [-0.05, 0) is 54.9 Å². The average Bonchev–Trinajstić information content (AvgIpc) is 2.38. The molecule has 1 unspecified atom stereocenters. The molecule has 0 aliphatic heterocycles. The van der Waals surface area contributed by atoms with Crippen molar-refractivity contribution in [3.63, 3.8) is 0 Å². The van der Waals surface area contributed by atoms with E-state index in [1.165, 1.54) is 31.4 Å². The molecule has 0 heterocycles. The summed E-state index contributed by atoms with van der Waals surface area (Å²) in [6.07, 6.45) is 5.45. The highest BCUT2D eigenvalue weighted by molar-refractivity contribution is 5.29. The molecule has 1 atom stereocenters. The molecule has 2 heteroatoms. The van der Waals surface area contributed by atoms with Gasteiger partial charge in [0.1, 0.15) is 5.82 Å². The molecule has 1 fully saturated rings. The fourth-order valence-electron chi connectivity index (χ4n) is 3.14. The third-order valence-corrected chi connectivity index (χ3v) is 4.47. The quantitative estimate of drug-likeness (QED) is 0.843. The van der Waals surface area contributed by atoms with Crippen LogP contribution in [0.3, 0.4) is 0 Å². The zero-order valence-corrected chi connectivity index (χ0v) is 11.3. The standard InChI is InChI=1S/C16H23FO/c1-3-12-4-6-13(7-5-12)16(18)15-9-8-14(17)10-11(15)2/h8-10,12-13,16,18H,3-7H2,1-2H3. The Bertz CT molecular complexity index is 394. The second-order valence-corrected chi connectivity index (χ2v) is 5.63. The normalized spacial score (nSPS) is 26.0. The molecule has 2 rings (SSSR count). The fourth-order valence-corrected chi connectivity index (χ4v) is 3.14. The summed E-state index contributed by atoms with van der Waals surface area (Å²) < 4.78 is 13.1. The first-order valence-corrected chi connectivity index (χ1v) is 7.06. The van der Waals surface area contributed by atoms with E-state index in [9.17, 15) is 9.50 Å². The predicted octanol–water partition coefficient (Wildman–Crippen LogP) is 4.38. The summed E-state index contributed by atoms with van der Waals surface area (Å²) in [6, 6.07) is 4.70. The minimum atomic E-state index is -0.427. The number of hydrogen-bond acceptors (Lipinski definition) is 1. The van der Waals surface area contributed by atoms with Crippen molar-refractivity contribution in [2.75, 3.05) is 0 Å². The maximum atomic E-state index is 13.1. The number of halogens is 1. The second-order valence-electron chi connectivity index (χ2n) is 5.63. The van der Waals surface area contributed by atoms with Gasteiger partial charge in [0.2, 0.25) is 0 Å². The molecule has 1 N–H and O–H groups in total. The highest BCUT2D eigenvalue weighted by atomic mass is 19.1. The van der Waals surface area contributed by atoms with Crippen molar-refractivity contribution in [3.8, 4) is 0 Å². The Morgan fingerprint density at radius 1 is 1.28 bits per heavy atom. The molecule has 1 saturated carbocycles. The summed E-state index contributed by atoms with van der Waals surface area (Å²) in [5, 5.41) is 10.5. The number of aliphatic hydroxyl groups is 1. The average molecular weight is 250 g/mol. The van der Waals surface area contributed by atoms with Gasteiger partial charge in [-0.25, -0.2) is 4.39 Å². The van der Waals surface area contributed by atoms with Crippen LogP contribution < -0.4 is 0 Å². The monoisotopic (exact) mass is 250 g/mol. The smallest absolute Gasteiger partial charge is 0.123 e. The Balaban J connectivity index is 2.05. The minimum Gasteiger partial charge on any atom is -0.388 e. The van der Waals surface area contributed by atoms with E-state index in [1.807, 2.05) is 6.92 Å². The Morgan fingerprint density at radius 3 is 2.50 bits per heavy atom. The lowest BCUT2D eigenvalue weighted by atomic mass is 9.76. The van der Waals surface area contributed by atoms with Crippen LogP contribution in [0, 0.1) is 24.6 Å². The predicted molar refractivity (Wildman–Crippen MR) is 71.8 cm³/mol. The molecule has 1 aromatic rings. The highest BCUT2D eigenvalue weighted by Crippen LogP contribution is 2.38. The van der Waals surface area contributed by atoms with Gasteiger partial charge in [-0.1, -0.05) is 32.3 Å². The van der Waals surface area contributed by atoms with Crippen molar-refractivity contribution in [1.29, 1.82) is 0 Å². The molecule has 0 bridgehead atoms. The van der Waals surface area contributed by atoms with Crippen molar-refractivity contribution in [2.45, 2.75) is 52.1 Å². The van der Waals surface area contributed by atoms with Crippen LogP contribution in [-0.2, 0) is 0 Å². The molecule has 0 radical (unpaired) electrons. The Hall–Kier alpha value is -0.890. The largest absolute Gasteiger partial charge is 0.388 e. The Morgan fingerprint density at radius 2 is 1.94 bits per heavy atom. The first kappa shape index (κ1) is 13.5. The van der Waals surface area contributed by atoms with Crippen molar-refractivity contribution >= 4 is 0 Å². The first-order valence-electron chi connectivity index (χ1n) is 7.06. The fraction of sp³-hybridized carbons (Fsp3) is 0.625. The lowest BCUT2D eigenvalue weighted by Gasteiger charge is -2.31. The second kappa shape index (κ2) is 5.83. The summed E-state index contributed by atoms with van der Waals surface area (Å²) in [4.78, 5) is 0.